The Labute approximate surface area is 202 Å². The SMILES string of the molecule is Cc1cc(C)cc(NS(=O)(=O)c2cc(C(=O)N3CCN(Cc4ccccc4)CC3)ccc2C)c1. The second-order valence-corrected chi connectivity index (χ2v) is 10.7. The van der Waals surface area contributed by atoms with Gasteiger partial charge in [0.05, 0.1) is 4.90 Å². The minimum absolute atomic E-state index is 0.125. The van der Waals surface area contributed by atoms with Crippen molar-refractivity contribution in [3.63, 3.8) is 0 Å². The predicted molar refractivity (Wildman–Crippen MR) is 136 cm³/mol. The summed E-state index contributed by atoms with van der Waals surface area (Å²) in [5.74, 6) is -0.137. The number of piperazine rings is 1. The lowest BCUT2D eigenvalue weighted by Crippen LogP contribution is -2.48. The molecule has 1 amide bonds. The zero-order chi connectivity index (χ0) is 24.3. The Hall–Kier alpha value is -3.16. The Bertz CT molecular complexity index is 1260. The fourth-order valence-corrected chi connectivity index (χ4v) is 5.71. The van der Waals surface area contributed by atoms with E-state index in [2.05, 4.69) is 21.8 Å². The molecule has 0 saturated carbocycles. The molecule has 178 valence electrons. The molecule has 1 N–H and O–H groups in total. The van der Waals surface area contributed by atoms with E-state index in [1.165, 1.54) is 11.6 Å². The zero-order valence-electron chi connectivity index (χ0n) is 19.9. The minimum atomic E-state index is -3.84. The number of rotatable bonds is 6. The smallest absolute Gasteiger partial charge is 0.262 e. The normalized spacial score (nSPS) is 14.7. The van der Waals surface area contributed by atoms with Crippen LogP contribution in [0.2, 0.25) is 0 Å². The van der Waals surface area contributed by atoms with E-state index in [0.717, 1.165) is 30.8 Å². The summed E-state index contributed by atoms with van der Waals surface area (Å²) < 4.78 is 29.0. The highest BCUT2D eigenvalue weighted by atomic mass is 32.2. The first-order valence-corrected chi connectivity index (χ1v) is 13.0. The number of sulfonamides is 1. The number of benzene rings is 3. The van der Waals surface area contributed by atoms with Gasteiger partial charge < -0.3 is 4.90 Å². The second kappa shape index (κ2) is 9.99. The molecule has 0 unspecified atom stereocenters. The van der Waals surface area contributed by atoms with Crippen molar-refractivity contribution in [1.82, 2.24) is 9.80 Å². The average molecular weight is 478 g/mol. The lowest BCUT2D eigenvalue weighted by Gasteiger charge is -2.35. The Balaban J connectivity index is 1.46. The van der Waals surface area contributed by atoms with Gasteiger partial charge in [-0.3, -0.25) is 14.4 Å². The lowest BCUT2D eigenvalue weighted by molar-refractivity contribution is 0.0628. The van der Waals surface area contributed by atoms with Crippen LogP contribution in [0, 0.1) is 20.8 Å². The molecular weight excluding hydrogens is 446 g/mol. The molecule has 6 nitrogen and oxygen atoms in total. The molecule has 1 aliphatic heterocycles. The molecule has 4 rings (SSSR count). The van der Waals surface area contributed by atoms with Gasteiger partial charge in [0.15, 0.2) is 0 Å². The molecule has 0 aliphatic carbocycles. The predicted octanol–water partition coefficient (Wildman–Crippen LogP) is 4.37. The molecule has 1 fully saturated rings. The molecule has 3 aromatic carbocycles. The topological polar surface area (TPSA) is 69.7 Å². The molecule has 1 saturated heterocycles. The molecule has 1 aliphatic rings. The minimum Gasteiger partial charge on any atom is -0.336 e. The molecule has 0 bridgehead atoms. The monoisotopic (exact) mass is 477 g/mol. The van der Waals surface area contributed by atoms with Crippen molar-refractivity contribution >= 4 is 21.6 Å². The Morgan fingerprint density at radius 2 is 1.50 bits per heavy atom. The highest BCUT2D eigenvalue weighted by molar-refractivity contribution is 7.92. The van der Waals surface area contributed by atoms with Gasteiger partial charge in [-0.15, -0.1) is 0 Å². The van der Waals surface area contributed by atoms with Crippen LogP contribution < -0.4 is 4.72 Å². The molecule has 0 spiro atoms. The van der Waals surface area contributed by atoms with Crippen molar-refractivity contribution in [2.45, 2.75) is 32.2 Å². The van der Waals surface area contributed by atoms with Crippen LogP contribution in [-0.4, -0.2) is 50.3 Å². The summed E-state index contributed by atoms with van der Waals surface area (Å²) in [4.78, 5) is 17.5. The third kappa shape index (κ3) is 5.66. The van der Waals surface area contributed by atoms with Gasteiger partial charge in [0.2, 0.25) is 0 Å². The van der Waals surface area contributed by atoms with Gasteiger partial charge in [0.1, 0.15) is 0 Å². The van der Waals surface area contributed by atoms with E-state index in [0.29, 0.717) is 29.9 Å². The van der Waals surface area contributed by atoms with E-state index in [9.17, 15) is 13.2 Å². The molecule has 0 atom stereocenters. The molecule has 7 heteroatoms. The number of amides is 1. The number of hydrogen-bond donors (Lipinski definition) is 1. The number of carbonyl (C=O) groups excluding carboxylic acids is 1. The Morgan fingerprint density at radius 1 is 0.853 bits per heavy atom. The number of anilines is 1. The van der Waals surface area contributed by atoms with E-state index in [1.807, 2.05) is 38.1 Å². The maximum atomic E-state index is 13.2. The molecule has 0 radical (unpaired) electrons. The molecule has 34 heavy (non-hydrogen) atoms. The number of nitrogens with zero attached hydrogens (tertiary/aromatic N) is 2. The Morgan fingerprint density at radius 3 is 2.15 bits per heavy atom. The number of nitrogens with one attached hydrogen (secondary N) is 1. The first-order valence-electron chi connectivity index (χ1n) is 11.5. The summed E-state index contributed by atoms with van der Waals surface area (Å²) in [6.45, 7) is 9.25. The third-order valence-corrected chi connectivity index (χ3v) is 7.63. The molecule has 3 aromatic rings. The van der Waals surface area contributed by atoms with Gasteiger partial charge in [-0.2, -0.15) is 0 Å². The highest BCUT2D eigenvalue weighted by Gasteiger charge is 2.25. The van der Waals surface area contributed by atoms with E-state index in [1.54, 1.807) is 36.1 Å². The summed E-state index contributed by atoms with van der Waals surface area (Å²) in [6.07, 6.45) is 0. The maximum Gasteiger partial charge on any atom is 0.262 e. The van der Waals surface area contributed by atoms with E-state index < -0.39 is 10.0 Å². The molecular formula is C27H31N3O3S. The van der Waals surface area contributed by atoms with Gasteiger partial charge in [-0.1, -0.05) is 42.5 Å². The molecule has 1 heterocycles. The second-order valence-electron chi connectivity index (χ2n) is 9.02. The van der Waals surface area contributed by atoms with Crippen LogP contribution in [0.5, 0.6) is 0 Å². The number of hydrogen-bond acceptors (Lipinski definition) is 4. The zero-order valence-corrected chi connectivity index (χ0v) is 20.7. The van der Waals surface area contributed by atoms with Gasteiger partial charge >= 0.3 is 0 Å². The van der Waals surface area contributed by atoms with Gasteiger partial charge in [-0.25, -0.2) is 8.42 Å². The van der Waals surface area contributed by atoms with Gasteiger partial charge in [-0.05, 0) is 67.3 Å². The maximum absolute atomic E-state index is 13.2. The molecule has 0 aromatic heterocycles. The van der Waals surface area contributed by atoms with Crippen LogP contribution in [0.15, 0.2) is 71.6 Å². The first kappa shape index (κ1) is 24.0. The first-order chi connectivity index (χ1) is 16.2. The van der Waals surface area contributed by atoms with Gasteiger partial charge in [0.25, 0.3) is 15.9 Å². The quantitative estimate of drug-likeness (QED) is 0.572. The van der Waals surface area contributed by atoms with Gasteiger partial charge in [0, 0.05) is 44.0 Å². The number of aryl methyl sites for hydroxylation is 3. The average Bonchev–Trinajstić information content (AvgIpc) is 2.79. The van der Waals surface area contributed by atoms with Crippen LogP contribution in [0.1, 0.15) is 32.6 Å². The fraction of sp³-hybridized carbons (Fsp3) is 0.296. The van der Waals surface area contributed by atoms with Crippen LogP contribution in [0.3, 0.4) is 0 Å². The van der Waals surface area contributed by atoms with Crippen molar-refractivity contribution in [2.75, 3.05) is 30.9 Å². The summed E-state index contributed by atoms with van der Waals surface area (Å²) in [6, 6.07) is 20.8. The summed E-state index contributed by atoms with van der Waals surface area (Å²) in [7, 11) is -3.84. The van der Waals surface area contributed by atoms with Crippen molar-refractivity contribution in [3.8, 4) is 0 Å². The third-order valence-electron chi connectivity index (χ3n) is 6.11. The lowest BCUT2D eigenvalue weighted by atomic mass is 10.1. The largest absolute Gasteiger partial charge is 0.336 e. The van der Waals surface area contributed by atoms with Crippen molar-refractivity contribution in [2.24, 2.45) is 0 Å². The van der Waals surface area contributed by atoms with Crippen LogP contribution in [-0.2, 0) is 16.6 Å². The highest BCUT2D eigenvalue weighted by Crippen LogP contribution is 2.23. The summed E-state index contributed by atoms with van der Waals surface area (Å²) in [5.41, 5.74) is 4.72. The van der Waals surface area contributed by atoms with E-state index >= 15 is 0 Å². The number of carbonyl (C=O) groups is 1. The fourth-order valence-electron chi connectivity index (χ4n) is 4.40. The standard InChI is InChI=1S/C27H31N3O3S/c1-20-15-21(2)17-25(16-20)28-34(32,33)26-18-24(10-9-22(26)3)27(31)30-13-11-29(12-14-30)19-23-7-5-4-6-8-23/h4-10,15-18,28H,11-14,19H2,1-3H3. The van der Waals surface area contributed by atoms with Crippen molar-refractivity contribution in [3.05, 3.63) is 94.5 Å². The van der Waals surface area contributed by atoms with E-state index in [4.69, 9.17) is 0 Å². The van der Waals surface area contributed by atoms with Crippen molar-refractivity contribution in [1.29, 1.82) is 0 Å². The van der Waals surface area contributed by atoms with Crippen LogP contribution in [0.25, 0.3) is 0 Å². The van der Waals surface area contributed by atoms with E-state index in [-0.39, 0.29) is 10.8 Å². The van der Waals surface area contributed by atoms with Crippen molar-refractivity contribution < 1.29 is 13.2 Å². The Kier molecular flexibility index (Phi) is 7.05. The summed E-state index contributed by atoms with van der Waals surface area (Å²) >= 11 is 0. The van der Waals surface area contributed by atoms with Crippen LogP contribution >= 0.6 is 0 Å². The van der Waals surface area contributed by atoms with Crippen LogP contribution in [0.4, 0.5) is 5.69 Å². The summed E-state index contributed by atoms with van der Waals surface area (Å²) in [5, 5.41) is 0.